The van der Waals surface area contributed by atoms with Gasteiger partial charge in [0.1, 0.15) is 0 Å². The van der Waals surface area contributed by atoms with Crippen molar-refractivity contribution in [1.82, 2.24) is 10.3 Å². The lowest BCUT2D eigenvalue weighted by Gasteiger charge is -2.03. The van der Waals surface area contributed by atoms with E-state index in [4.69, 9.17) is 4.98 Å². The maximum Gasteiger partial charge on any atom is 0.0969 e. The number of thiazole rings is 1. The molecule has 0 atom stereocenters. The molecular formula is C18H22N2S. The summed E-state index contributed by atoms with van der Waals surface area (Å²) in [6.45, 7) is 4.21. The summed E-state index contributed by atoms with van der Waals surface area (Å²) in [4.78, 5) is 6.56. The Morgan fingerprint density at radius 1 is 1.14 bits per heavy atom. The number of hydrogen-bond acceptors (Lipinski definition) is 3. The van der Waals surface area contributed by atoms with Crippen molar-refractivity contribution in [2.75, 3.05) is 6.54 Å². The average molecular weight is 298 g/mol. The van der Waals surface area contributed by atoms with Gasteiger partial charge in [0.25, 0.3) is 0 Å². The van der Waals surface area contributed by atoms with E-state index in [1.807, 2.05) is 11.3 Å². The zero-order valence-electron chi connectivity index (χ0n) is 12.6. The predicted molar refractivity (Wildman–Crippen MR) is 88.1 cm³/mol. The summed E-state index contributed by atoms with van der Waals surface area (Å²) in [6, 6.07) is 8.89. The van der Waals surface area contributed by atoms with Crippen molar-refractivity contribution in [3.05, 3.63) is 51.0 Å². The topological polar surface area (TPSA) is 24.9 Å². The van der Waals surface area contributed by atoms with Gasteiger partial charge in [0, 0.05) is 23.3 Å². The van der Waals surface area contributed by atoms with E-state index >= 15 is 0 Å². The predicted octanol–water partition coefficient (Wildman–Crippen LogP) is 4.01. The minimum atomic E-state index is 0.611. The van der Waals surface area contributed by atoms with Gasteiger partial charge in [-0.3, -0.25) is 0 Å². The maximum absolute atomic E-state index is 5.07. The van der Waals surface area contributed by atoms with Crippen molar-refractivity contribution in [3.8, 4) is 0 Å². The molecule has 21 heavy (non-hydrogen) atoms. The maximum atomic E-state index is 5.07. The van der Waals surface area contributed by atoms with E-state index in [9.17, 15) is 0 Å². The smallest absolute Gasteiger partial charge is 0.0969 e. The first-order chi connectivity index (χ1) is 10.3. The van der Waals surface area contributed by atoms with E-state index in [1.165, 1.54) is 52.4 Å². The van der Waals surface area contributed by atoms with Gasteiger partial charge in [-0.15, -0.1) is 11.3 Å². The molecule has 2 aliphatic rings. The van der Waals surface area contributed by atoms with Crippen molar-refractivity contribution in [1.29, 1.82) is 0 Å². The Bertz CT molecular complexity index is 617. The van der Waals surface area contributed by atoms with Crippen LogP contribution >= 0.6 is 11.3 Å². The van der Waals surface area contributed by atoms with Crippen LogP contribution in [-0.4, -0.2) is 11.5 Å². The lowest BCUT2D eigenvalue weighted by molar-refractivity contribution is 0.718. The van der Waals surface area contributed by atoms with Crippen molar-refractivity contribution < 1.29 is 0 Å². The van der Waals surface area contributed by atoms with E-state index in [2.05, 4.69) is 36.5 Å². The second-order valence-corrected chi connectivity index (χ2v) is 7.40. The van der Waals surface area contributed by atoms with Crippen LogP contribution in [-0.2, 0) is 19.4 Å². The molecule has 1 aromatic heterocycles. The van der Waals surface area contributed by atoms with E-state index < -0.39 is 0 Å². The van der Waals surface area contributed by atoms with Crippen molar-refractivity contribution >= 4 is 11.3 Å². The summed E-state index contributed by atoms with van der Waals surface area (Å²) < 4.78 is 0. The number of hydrogen-bond donors (Lipinski definition) is 1. The minimum absolute atomic E-state index is 0.611. The molecule has 1 heterocycles. The quantitative estimate of drug-likeness (QED) is 0.902. The van der Waals surface area contributed by atoms with E-state index in [1.54, 1.807) is 0 Å². The molecule has 4 rings (SSSR count). The summed E-state index contributed by atoms with van der Waals surface area (Å²) >= 11 is 1.96. The highest BCUT2D eigenvalue weighted by molar-refractivity contribution is 7.11. The molecule has 3 heteroatoms. The molecule has 0 unspecified atom stereocenters. The monoisotopic (exact) mass is 298 g/mol. The molecule has 0 spiro atoms. The zero-order chi connectivity index (χ0) is 14.2. The molecule has 0 radical (unpaired) electrons. The van der Waals surface area contributed by atoms with Gasteiger partial charge in [-0.1, -0.05) is 31.2 Å². The second-order valence-electron chi connectivity index (χ2n) is 6.29. The summed E-state index contributed by atoms with van der Waals surface area (Å²) in [7, 11) is 0. The Morgan fingerprint density at radius 3 is 2.48 bits per heavy atom. The molecule has 110 valence electrons. The normalized spacial score (nSPS) is 18.1. The number of fused-ring (bicyclic) bond motifs is 1. The number of nitrogens with one attached hydrogen (secondary N) is 1. The number of rotatable bonds is 5. The van der Waals surface area contributed by atoms with Crippen molar-refractivity contribution in [2.24, 2.45) is 0 Å². The largest absolute Gasteiger partial charge is 0.312 e. The lowest BCUT2D eigenvalue weighted by atomic mass is 10.1. The molecule has 0 amide bonds. The van der Waals surface area contributed by atoms with Gasteiger partial charge in [0.2, 0.25) is 0 Å². The highest BCUT2D eigenvalue weighted by Crippen LogP contribution is 2.45. The Hall–Kier alpha value is -1.19. The Labute approximate surface area is 130 Å². The molecule has 1 fully saturated rings. The van der Waals surface area contributed by atoms with Crippen LogP contribution in [0.25, 0.3) is 0 Å². The van der Waals surface area contributed by atoms with Crippen LogP contribution in [0, 0.1) is 0 Å². The van der Waals surface area contributed by atoms with Gasteiger partial charge in [-0.2, -0.15) is 0 Å². The highest BCUT2D eigenvalue weighted by atomic mass is 32.1. The highest BCUT2D eigenvalue weighted by Gasteiger charge is 2.32. The standard InChI is InChI=1S/C18H22N2S/c1-2-19-11-16-17(12-7-8-12)20-18(21-16)15-9-13-5-3-4-6-14(13)10-15/h3-6,12,15,19H,2,7-11H2,1H3. The molecule has 0 aliphatic heterocycles. The summed E-state index contributed by atoms with van der Waals surface area (Å²) in [5.41, 5.74) is 4.46. The molecule has 0 saturated heterocycles. The number of aromatic nitrogens is 1. The SMILES string of the molecule is CCNCc1sc(C2Cc3ccccc3C2)nc1C1CC1. The second kappa shape index (κ2) is 5.54. The first kappa shape index (κ1) is 13.5. The van der Waals surface area contributed by atoms with Crippen LogP contribution in [0.4, 0.5) is 0 Å². The van der Waals surface area contributed by atoms with Crippen LogP contribution in [0.15, 0.2) is 24.3 Å². The molecule has 1 saturated carbocycles. The molecule has 0 bridgehead atoms. The fourth-order valence-electron chi connectivity index (χ4n) is 3.33. The van der Waals surface area contributed by atoms with Crippen LogP contribution in [0.3, 0.4) is 0 Å². The van der Waals surface area contributed by atoms with Gasteiger partial charge in [-0.05, 0) is 43.4 Å². The van der Waals surface area contributed by atoms with E-state index in [0.29, 0.717) is 5.92 Å². The van der Waals surface area contributed by atoms with Crippen LogP contribution < -0.4 is 5.32 Å². The van der Waals surface area contributed by atoms with E-state index in [-0.39, 0.29) is 0 Å². The van der Waals surface area contributed by atoms with E-state index in [0.717, 1.165) is 19.0 Å². The van der Waals surface area contributed by atoms with Gasteiger partial charge in [0.05, 0.1) is 10.7 Å². The lowest BCUT2D eigenvalue weighted by Crippen LogP contribution is -2.11. The molecule has 1 N–H and O–H groups in total. The fourth-order valence-corrected chi connectivity index (χ4v) is 4.55. The van der Waals surface area contributed by atoms with Crippen molar-refractivity contribution in [2.45, 2.75) is 51.0 Å². The minimum Gasteiger partial charge on any atom is -0.312 e. The molecule has 2 aromatic rings. The van der Waals surface area contributed by atoms with Crippen LogP contribution in [0.1, 0.15) is 58.3 Å². The van der Waals surface area contributed by atoms with Gasteiger partial charge in [0.15, 0.2) is 0 Å². The Balaban J connectivity index is 1.58. The summed E-state index contributed by atoms with van der Waals surface area (Å²) in [6.07, 6.45) is 5.03. The first-order valence-corrected chi connectivity index (χ1v) is 8.93. The fraction of sp³-hybridized carbons (Fsp3) is 0.500. The van der Waals surface area contributed by atoms with Crippen molar-refractivity contribution in [3.63, 3.8) is 0 Å². The van der Waals surface area contributed by atoms with Gasteiger partial charge >= 0.3 is 0 Å². The molecule has 2 aliphatic carbocycles. The third-order valence-electron chi connectivity index (χ3n) is 4.64. The Kier molecular flexibility index (Phi) is 3.56. The van der Waals surface area contributed by atoms with Gasteiger partial charge < -0.3 is 5.32 Å². The van der Waals surface area contributed by atoms with Crippen LogP contribution in [0.2, 0.25) is 0 Å². The third-order valence-corrected chi connectivity index (χ3v) is 5.88. The third kappa shape index (κ3) is 2.65. The number of benzene rings is 1. The first-order valence-electron chi connectivity index (χ1n) is 8.12. The summed E-state index contributed by atoms with van der Waals surface area (Å²) in [5.74, 6) is 1.37. The number of nitrogens with zero attached hydrogens (tertiary/aromatic N) is 1. The summed E-state index contributed by atoms with van der Waals surface area (Å²) in [5, 5.41) is 4.85. The Morgan fingerprint density at radius 2 is 1.86 bits per heavy atom. The molecule has 2 nitrogen and oxygen atoms in total. The zero-order valence-corrected chi connectivity index (χ0v) is 13.4. The van der Waals surface area contributed by atoms with Crippen LogP contribution in [0.5, 0.6) is 0 Å². The average Bonchev–Trinajstić information content (AvgIpc) is 3.12. The molecular weight excluding hydrogens is 276 g/mol. The van der Waals surface area contributed by atoms with Gasteiger partial charge in [-0.25, -0.2) is 4.98 Å². The molecule has 1 aromatic carbocycles.